The van der Waals surface area contributed by atoms with Crippen molar-refractivity contribution in [2.45, 2.75) is 77.4 Å². The summed E-state index contributed by atoms with van der Waals surface area (Å²) in [5, 5.41) is 18.0. The van der Waals surface area contributed by atoms with Crippen molar-refractivity contribution in [3.05, 3.63) is 42.1 Å². The van der Waals surface area contributed by atoms with Crippen molar-refractivity contribution >= 4 is 22.7 Å². The molecule has 1 aromatic carbocycles. The Hall–Kier alpha value is -2.47. The monoisotopic (exact) mass is 453 g/mol. The number of fused-ring (bicyclic) bond motifs is 1. The summed E-state index contributed by atoms with van der Waals surface area (Å²) >= 11 is 0. The minimum absolute atomic E-state index is 0.0516. The topological polar surface area (TPSA) is 91.3 Å². The highest BCUT2D eigenvalue weighted by Crippen LogP contribution is 2.29. The molecule has 2 amide bonds. The van der Waals surface area contributed by atoms with Crippen molar-refractivity contribution in [1.82, 2.24) is 15.6 Å². The summed E-state index contributed by atoms with van der Waals surface area (Å²) in [5.41, 5.74) is 1.33. The fourth-order valence-electron chi connectivity index (χ4n) is 5.08. The lowest BCUT2D eigenvalue weighted by atomic mass is 9.81. The molecule has 1 aliphatic rings. The van der Waals surface area contributed by atoms with Gasteiger partial charge in [0.2, 0.25) is 5.91 Å². The highest BCUT2D eigenvalue weighted by atomic mass is 16.3. The molecule has 1 fully saturated rings. The maximum Gasteiger partial charge on any atom is 0.253 e. The van der Waals surface area contributed by atoms with Crippen molar-refractivity contribution in [1.29, 1.82) is 0 Å². The van der Waals surface area contributed by atoms with Crippen molar-refractivity contribution < 1.29 is 14.7 Å². The van der Waals surface area contributed by atoms with Gasteiger partial charge in [0.05, 0.1) is 23.2 Å². The van der Waals surface area contributed by atoms with Gasteiger partial charge in [-0.2, -0.15) is 0 Å². The molecule has 6 heteroatoms. The first-order valence-electron chi connectivity index (χ1n) is 12.4. The van der Waals surface area contributed by atoms with Gasteiger partial charge in [0.25, 0.3) is 5.91 Å². The molecular weight excluding hydrogens is 414 g/mol. The summed E-state index contributed by atoms with van der Waals surface area (Å²) in [7, 11) is 1.63. The minimum atomic E-state index is -0.787. The number of pyridine rings is 1. The molecule has 0 spiro atoms. The summed E-state index contributed by atoms with van der Waals surface area (Å²) in [6, 6.07) is 9.15. The number of hydrogen-bond acceptors (Lipinski definition) is 4. The van der Waals surface area contributed by atoms with Crippen LogP contribution in [0.5, 0.6) is 0 Å². The summed E-state index contributed by atoms with van der Waals surface area (Å²) < 4.78 is 0. The fourth-order valence-corrected chi connectivity index (χ4v) is 5.08. The summed E-state index contributed by atoms with van der Waals surface area (Å²) in [6.07, 6.45) is 8.49. The van der Waals surface area contributed by atoms with Crippen LogP contribution in [-0.4, -0.2) is 41.1 Å². The molecule has 3 atom stereocenters. The Labute approximate surface area is 197 Å². The SMILES string of the molecule is CNC(=O)[C@H](CC(C)C)C[C@H](O)[C@@H](CC1CCCCC1)NC(=O)c1cnc2ccccc2c1. The predicted molar refractivity (Wildman–Crippen MR) is 132 cm³/mol. The van der Waals surface area contributed by atoms with E-state index in [0.717, 1.165) is 30.2 Å². The van der Waals surface area contributed by atoms with Crippen LogP contribution in [0.4, 0.5) is 0 Å². The molecule has 6 nitrogen and oxygen atoms in total. The zero-order valence-electron chi connectivity index (χ0n) is 20.2. The summed E-state index contributed by atoms with van der Waals surface area (Å²) in [4.78, 5) is 30.0. The zero-order valence-corrected chi connectivity index (χ0v) is 20.2. The molecule has 0 saturated heterocycles. The van der Waals surface area contributed by atoms with Gasteiger partial charge in [-0.3, -0.25) is 14.6 Å². The fraction of sp³-hybridized carbons (Fsp3) is 0.593. The molecule has 3 rings (SSSR count). The molecule has 180 valence electrons. The second-order valence-electron chi connectivity index (χ2n) is 9.98. The maximum atomic E-state index is 13.2. The van der Waals surface area contributed by atoms with Gasteiger partial charge < -0.3 is 15.7 Å². The number of para-hydroxylation sites is 1. The number of benzene rings is 1. The van der Waals surface area contributed by atoms with E-state index < -0.39 is 12.1 Å². The van der Waals surface area contributed by atoms with E-state index in [9.17, 15) is 14.7 Å². The smallest absolute Gasteiger partial charge is 0.253 e. The highest BCUT2D eigenvalue weighted by Gasteiger charge is 2.30. The van der Waals surface area contributed by atoms with E-state index in [1.54, 1.807) is 13.2 Å². The third-order valence-corrected chi connectivity index (χ3v) is 6.84. The Balaban J connectivity index is 1.76. The van der Waals surface area contributed by atoms with Crippen LogP contribution in [0.3, 0.4) is 0 Å². The van der Waals surface area contributed by atoms with Crippen LogP contribution in [0.15, 0.2) is 36.5 Å². The molecule has 1 saturated carbocycles. The second kappa shape index (κ2) is 12.1. The third-order valence-electron chi connectivity index (χ3n) is 6.84. The van der Waals surface area contributed by atoms with Crippen LogP contribution in [0.1, 0.15) is 75.6 Å². The summed E-state index contributed by atoms with van der Waals surface area (Å²) in [5.74, 6) is 0.266. The van der Waals surface area contributed by atoms with Crippen LogP contribution >= 0.6 is 0 Å². The molecular formula is C27H39N3O3. The molecule has 33 heavy (non-hydrogen) atoms. The lowest BCUT2D eigenvalue weighted by molar-refractivity contribution is -0.126. The number of carbonyl (C=O) groups is 2. The zero-order chi connectivity index (χ0) is 23.8. The number of nitrogens with one attached hydrogen (secondary N) is 2. The van der Waals surface area contributed by atoms with Crippen molar-refractivity contribution in [2.75, 3.05) is 7.05 Å². The van der Waals surface area contributed by atoms with Crippen LogP contribution in [-0.2, 0) is 4.79 Å². The van der Waals surface area contributed by atoms with Crippen molar-refractivity contribution in [3.63, 3.8) is 0 Å². The van der Waals surface area contributed by atoms with E-state index in [0.29, 0.717) is 30.2 Å². The van der Waals surface area contributed by atoms with Crippen molar-refractivity contribution in [2.24, 2.45) is 17.8 Å². The number of rotatable bonds is 10. The normalized spacial score (nSPS) is 17.5. The first-order chi connectivity index (χ1) is 15.9. The Kier molecular flexibility index (Phi) is 9.24. The largest absolute Gasteiger partial charge is 0.391 e. The molecule has 0 aliphatic heterocycles. The van der Waals surface area contributed by atoms with Gasteiger partial charge in [0.15, 0.2) is 0 Å². The number of amides is 2. The first kappa shape index (κ1) is 25.2. The van der Waals surface area contributed by atoms with Crippen LogP contribution in [0.2, 0.25) is 0 Å². The number of carbonyl (C=O) groups excluding carboxylic acids is 2. The molecule has 1 aliphatic carbocycles. The Bertz CT molecular complexity index is 924. The average molecular weight is 454 g/mol. The third kappa shape index (κ3) is 7.26. The van der Waals surface area contributed by atoms with E-state index >= 15 is 0 Å². The molecule has 0 bridgehead atoms. The van der Waals surface area contributed by atoms with Gasteiger partial charge in [-0.05, 0) is 43.2 Å². The lowest BCUT2D eigenvalue weighted by Crippen LogP contribution is -2.46. The van der Waals surface area contributed by atoms with Crippen LogP contribution in [0, 0.1) is 17.8 Å². The van der Waals surface area contributed by atoms with Gasteiger partial charge in [0.1, 0.15) is 0 Å². The van der Waals surface area contributed by atoms with E-state index in [4.69, 9.17) is 0 Å². The maximum absolute atomic E-state index is 13.2. The predicted octanol–water partition coefficient (Wildman–Crippen LogP) is 4.46. The molecule has 1 heterocycles. The van der Waals surface area contributed by atoms with Crippen LogP contribution < -0.4 is 10.6 Å². The van der Waals surface area contributed by atoms with Crippen molar-refractivity contribution in [3.8, 4) is 0 Å². The highest BCUT2D eigenvalue weighted by molar-refractivity contribution is 5.97. The number of aromatic nitrogens is 1. The molecule has 0 unspecified atom stereocenters. The van der Waals surface area contributed by atoms with E-state index in [1.165, 1.54) is 19.3 Å². The van der Waals surface area contributed by atoms with Gasteiger partial charge in [-0.15, -0.1) is 0 Å². The molecule has 0 radical (unpaired) electrons. The Morgan fingerprint density at radius 1 is 1.12 bits per heavy atom. The number of hydrogen-bond donors (Lipinski definition) is 3. The van der Waals surface area contributed by atoms with Gasteiger partial charge in [-0.1, -0.05) is 64.2 Å². The Morgan fingerprint density at radius 3 is 2.55 bits per heavy atom. The Morgan fingerprint density at radius 2 is 1.85 bits per heavy atom. The number of aliphatic hydroxyl groups is 1. The lowest BCUT2D eigenvalue weighted by Gasteiger charge is -2.32. The summed E-state index contributed by atoms with van der Waals surface area (Å²) in [6.45, 7) is 4.16. The molecule has 1 aromatic heterocycles. The van der Waals surface area contributed by atoms with Gasteiger partial charge in [0, 0.05) is 24.5 Å². The average Bonchev–Trinajstić information content (AvgIpc) is 2.82. The molecule has 2 aromatic rings. The van der Waals surface area contributed by atoms with Gasteiger partial charge in [-0.25, -0.2) is 0 Å². The standard InChI is InChI=1S/C27H39N3O3/c1-18(2)13-21(26(32)28-3)16-25(31)24(14-19-9-5-4-6-10-19)30-27(33)22-15-20-11-7-8-12-23(20)29-17-22/h7-8,11-12,15,17-19,21,24-25,31H,4-6,9-10,13-14,16H2,1-3H3,(H,28,32)(H,30,33)/t21-,24-,25+/m1/s1. The minimum Gasteiger partial charge on any atom is -0.391 e. The van der Waals surface area contributed by atoms with Gasteiger partial charge >= 0.3 is 0 Å². The van der Waals surface area contributed by atoms with E-state index in [2.05, 4.69) is 29.5 Å². The molecule has 3 N–H and O–H groups in total. The number of nitrogens with zero attached hydrogens (tertiary/aromatic N) is 1. The quantitative estimate of drug-likeness (QED) is 0.495. The van der Waals surface area contributed by atoms with Crippen LogP contribution in [0.25, 0.3) is 10.9 Å². The first-order valence-corrected chi connectivity index (χ1v) is 12.4. The number of aliphatic hydroxyl groups excluding tert-OH is 1. The van der Waals surface area contributed by atoms with E-state index in [1.807, 2.05) is 30.3 Å². The van der Waals surface area contributed by atoms with E-state index in [-0.39, 0.29) is 17.7 Å². The second-order valence-corrected chi connectivity index (χ2v) is 9.98.